The van der Waals surface area contributed by atoms with Gasteiger partial charge in [-0.15, -0.1) is 0 Å². The van der Waals surface area contributed by atoms with Crippen LogP contribution in [0.5, 0.6) is 0 Å². The zero-order valence-electron chi connectivity index (χ0n) is 8.84. The number of hydrogen-bond acceptors (Lipinski definition) is 1. The fourth-order valence-corrected chi connectivity index (χ4v) is 0.863. The van der Waals surface area contributed by atoms with Crippen molar-refractivity contribution in [3.8, 4) is 0 Å². The minimum Gasteiger partial charge on any atom is -0.375 e. The van der Waals surface area contributed by atoms with Crippen LogP contribution < -0.4 is 0 Å². The minimum atomic E-state index is 0.347. The molecule has 0 amide bonds. The fraction of sp³-hybridized carbons (Fsp3) is 0.818. The fourth-order valence-electron chi connectivity index (χ4n) is 0.863. The second kappa shape index (κ2) is 7.35. The van der Waals surface area contributed by atoms with Crippen LogP contribution in [-0.2, 0) is 4.74 Å². The Hall–Kier alpha value is -0.300. The maximum atomic E-state index is 5.36. The van der Waals surface area contributed by atoms with Gasteiger partial charge in [0.15, 0.2) is 0 Å². The van der Waals surface area contributed by atoms with Crippen molar-refractivity contribution in [2.75, 3.05) is 6.61 Å². The van der Waals surface area contributed by atoms with E-state index in [4.69, 9.17) is 4.74 Å². The van der Waals surface area contributed by atoms with E-state index in [-0.39, 0.29) is 0 Å². The van der Waals surface area contributed by atoms with Crippen LogP contribution in [0.1, 0.15) is 40.5 Å². The average Bonchev–Trinajstić information content (AvgIpc) is 1.95. The molecular formula is C11H22O. The summed E-state index contributed by atoms with van der Waals surface area (Å²) < 4.78 is 5.36. The highest BCUT2D eigenvalue weighted by Gasteiger charge is 1.90. The van der Waals surface area contributed by atoms with Crippen molar-refractivity contribution >= 4 is 0 Å². The van der Waals surface area contributed by atoms with E-state index in [9.17, 15) is 0 Å². The SMILES string of the molecule is CC(C)CC/C=C/COC(C)C. The van der Waals surface area contributed by atoms with Gasteiger partial charge in [-0.2, -0.15) is 0 Å². The maximum Gasteiger partial charge on any atom is 0.0650 e. The Kier molecular flexibility index (Phi) is 7.17. The van der Waals surface area contributed by atoms with Gasteiger partial charge in [0.25, 0.3) is 0 Å². The molecule has 0 bridgehead atoms. The van der Waals surface area contributed by atoms with Crippen molar-refractivity contribution in [3.63, 3.8) is 0 Å². The molecule has 0 unspecified atom stereocenters. The topological polar surface area (TPSA) is 9.23 Å². The Labute approximate surface area is 76.8 Å². The molecule has 0 N–H and O–H groups in total. The molecule has 0 aromatic heterocycles. The third kappa shape index (κ3) is 9.70. The van der Waals surface area contributed by atoms with Crippen LogP contribution >= 0.6 is 0 Å². The molecule has 0 aromatic rings. The molecule has 0 atom stereocenters. The molecule has 0 spiro atoms. The van der Waals surface area contributed by atoms with Crippen molar-refractivity contribution < 1.29 is 4.74 Å². The lowest BCUT2D eigenvalue weighted by Crippen LogP contribution is -2.01. The van der Waals surface area contributed by atoms with Crippen LogP contribution in [-0.4, -0.2) is 12.7 Å². The summed E-state index contributed by atoms with van der Waals surface area (Å²) in [5, 5.41) is 0. The Morgan fingerprint density at radius 2 is 1.75 bits per heavy atom. The van der Waals surface area contributed by atoms with E-state index < -0.39 is 0 Å². The standard InChI is InChI=1S/C11H22O/c1-10(2)8-6-5-7-9-12-11(3)4/h5,7,10-11H,6,8-9H2,1-4H3/b7-5+. The van der Waals surface area contributed by atoms with E-state index in [0.29, 0.717) is 6.10 Å². The van der Waals surface area contributed by atoms with Crippen LogP contribution in [0.4, 0.5) is 0 Å². The highest BCUT2D eigenvalue weighted by Crippen LogP contribution is 2.03. The molecule has 0 saturated heterocycles. The van der Waals surface area contributed by atoms with E-state index in [2.05, 4.69) is 39.8 Å². The molecule has 72 valence electrons. The maximum absolute atomic E-state index is 5.36. The van der Waals surface area contributed by atoms with E-state index in [0.717, 1.165) is 12.5 Å². The molecule has 0 radical (unpaired) electrons. The first-order valence-electron chi connectivity index (χ1n) is 4.89. The second-order valence-corrected chi connectivity index (χ2v) is 3.82. The van der Waals surface area contributed by atoms with E-state index in [1.165, 1.54) is 12.8 Å². The predicted molar refractivity (Wildman–Crippen MR) is 54.3 cm³/mol. The van der Waals surface area contributed by atoms with Crippen molar-refractivity contribution in [3.05, 3.63) is 12.2 Å². The van der Waals surface area contributed by atoms with Crippen molar-refractivity contribution in [1.82, 2.24) is 0 Å². The van der Waals surface area contributed by atoms with E-state index in [1.807, 2.05) is 0 Å². The van der Waals surface area contributed by atoms with Gasteiger partial charge in [-0.25, -0.2) is 0 Å². The average molecular weight is 170 g/mol. The first-order chi connectivity index (χ1) is 5.63. The summed E-state index contributed by atoms with van der Waals surface area (Å²) in [7, 11) is 0. The molecule has 0 fully saturated rings. The number of hydrogen-bond donors (Lipinski definition) is 0. The van der Waals surface area contributed by atoms with Gasteiger partial charge < -0.3 is 4.74 Å². The van der Waals surface area contributed by atoms with Crippen LogP contribution in [0.2, 0.25) is 0 Å². The van der Waals surface area contributed by atoms with Crippen LogP contribution in [0.25, 0.3) is 0 Å². The minimum absolute atomic E-state index is 0.347. The number of allylic oxidation sites excluding steroid dienone is 1. The largest absolute Gasteiger partial charge is 0.375 e. The number of ether oxygens (including phenoxy) is 1. The molecule has 0 aliphatic carbocycles. The van der Waals surface area contributed by atoms with Crippen LogP contribution in [0.3, 0.4) is 0 Å². The van der Waals surface area contributed by atoms with Gasteiger partial charge in [-0.1, -0.05) is 26.0 Å². The lowest BCUT2D eigenvalue weighted by molar-refractivity contribution is 0.102. The monoisotopic (exact) mass is 170 g/mol. The summed E-state index contributed by atoms with van der Waals surface area (Å²) in [6, 6.07) is 0. The summed E-state index contributed by atoms with van der Waals surface area (Å²) in [5.41, 5.74) is 0. The summed E-state index contributed by atoms with van der Waals surface area (Å²) in [6.07, 6.45) is 7.13. The van der Waals surface area contributed by atoms with Crippen molar-refractivity contribution in [2.45, 2.75) is 46.6 Å². The van der Waals surface area contributed by atoms with Crippen molar-refractivity contribution in [1.29, 1.82) is 0 Å². The highest BCUT2D eigenvalue weighted by molar-refractivity contribution is 4.81. The molecule has 0 saturated carbocycles. The zero-order chi connectivity index (χ0) is 9.40. The van der Waals surface area contributed by atoms with Gasteiger partial charge in [0.05, 0.1) is 12.7 Å². The molecule has 1 nitrogen and oxygen atoms in total. The highest BCUT2D eigenvalue weighted by atomic mass is 16.5. The molecule has 0 aliphatic rings. The molecule has 0 aliphatic heterocycles. The molecule has 1 heteroatoms. The lowest BCUT2D eigenvalue weighted by Gasteiger charge is -2.03. The second-order valence-electron chi connectivity index (χ2n) is 3.82. The van der Waals surface area contributed by atoms with Gasteiger partial charge >= 0.3 is 0 Å². The lowest BCUT2D eigenvalue weighted by atomic mass is 10.1. The van der Waals surface area contributed by atoms with Gasteiger partial charge in [0.1, 0.15) is 0 Å². The van der Waals surface area contributed by atoms with Gasteiger partial charge in [0, 0.05) is 0 Å². The van der Waals surface area contributed by atoms with E-state index in [1.54, 1.807) is 0 Å². The predicted octanol–water partition coefficient (Wildman–Crippen LogP) is 3.40. The molecule has 0 rings (SSSR count). The third-order valence-corrected chi connectivity index (χ3v) is 1.60. The Morgan fingerprint density at radius 1 is 1.08 bits per heavy atom. The smallest absolute Gasteiger partial charge is 0.0650 e. The summed E-state index contributed by atoms with van der Waals surface area (Å²) in [6.45, 7) is 9.37. The Morgan fingerprint density at radius 3 is 2.25 bits per heavy atom. The summed E-state index contributed by atoms with van der Waals surface area (Å²) in [5.74, 6) is 0.806. The van der Waals surface area contributed by atoms with Crippen LogP contribution in [0.15, 0.2) is 12.2 Å². The summed E-state index contributed by atoms with van der Waals surface area (Å²) >= 11 is 0. The molecular weight excluding hydrogens is 148 g/mol. The summed E-state index contributed by atoms with van der Waals surface area (Å²) in [4.78, 5) is 0. The zero-order valence-corrected chi connectivity index (χ0v) is 8.84. The molecule has 0 aromatic carbocycles. The van der Waals surface area contributed by atoms with Crippen molar-refractivity contribution in [2.24, 2.45) is 5.92 Å². The van der Waals surface area contributed by atoms with Gasteiger partial charge in [-0.3, -0.25) is 0 Å². The normalized spacial score (nSPS) is 12.2. The number of rotatable bonds is 6. The van der Waals surface area contributed by atoms with Gasteiger partial charge in [-0.05, 0) is 32.6 Å². The Balaban J connectivity index is 3.15. The van der Waals surface area contributed by atoms with E-state index >= 15 is 0 Å². The van der Waals surface area contributed by atoms with Gasteiger partial charge in [0.2, 0.25) is 0 Å². The van der Waals surface area contributed by atoms with Crippen LogP contribution in [0, 0.1) is 5.92 Å². The first-order valence-corrected chi connectivity index (χ1v) is 4.89. The first kappa shape index (κ1) is 11.7. The molecule has 0 heterocycles. The Bertz CT molecular complexity index is 100. The molecule has 12 heavy (non-hydrogen) atoms. The third-order valence-electron chi connectivity index (χ3n) is 1.60. The quantitative estimate of drug-likeness (QED) is 0.555.